The molecular weight excluding hydrogens is 326 g/mol. The summed E-state index contributed by atoms with van der Waals surface area (Å²) in [5, 5.41) is 9.96. The SMILES string of the molecule is COc1ccnc(C(=O)C[C@@H](C)C(=O)O[C@@H](C)COC(C)(C)C)c1O. The molecule has 25 heavy (non-hydrogen) atoms. The molecule has 7 heteroatoms. The first-order valence-electron chi connectivity index (χ1n) is 8.14. The summed E-state index contributed by atoms with van der Waals surface area (Å²) >= 11 is 0. The van der Waals surface area contributed by atoms with Gasteiger partial charge in [0, 0.05) is 18.7 Å². The van der Waals surface area contributed by atoms with E-state index in [1.54, 1.807) is 13.8 Å². The number of aromatic hydroxyl groups is 1. The van der Waals surface area contributed by atoms with Crippen LogP contribution in [0.15, 0.2) is 12.3 Å². The predicted molar refractivity (Wildman–Crippen MR) is 91.8 cm³/mol. The Bertz CT molecular complexity index is 608. The molecule has 0 saturated carbocycles. The maximum atomic E-state index is 12.3. The molecule has 140 valence electrons. The van der Waals surface area contributed by atoms with Crippen molar-refractivity contribution in [3.63, 3.8) is 0 Å². The summed E-state index contributed by atoms with van der Waals surface area (Å²) in [5.74, 6) is -1.80. The smallest absolute Gasteiger partial charge is 0.309 e. The molecule has 0 aliphatic rings. The van der Waals surface area contributed by atoms with Crippen molar-refractivity contribution in [3.05, 3.63) is 18.0 Å². The van der Waals surface area contributed by atoms with Crippen LogP contribution in [0.1, 0.15) is 51.5 Å². The minimum atomic E-state index is -0.669. The molecule has 0 saturated heterocycles. The van der Waals surface area contributed by atoms with Crippen LogP contribution in [0.4, 0.5) is 0 Å². The first-order valence-corrected chi connectivity index (χ1v) is 8.14. The van der Waals surface area contributed by atoms with Gasteiger partial charge in [0.15, 0.2) is 23.0 Å². The van der Waals surface area contributed by atoms with Gasteiger partial charge < -0.3 is 19.3 Å². The molecule has 0 spiro atoms. The highest BCUT2D eigenvalue weighted by atomic mass is 16.6. The third-order valence-corrected chi connectivity index (χ3v) is 3.33. The molecule has 0 bridgehead atoms. The first-order chi connectivity index (χ1) is 11.5. The van der Waals surface area contributed by atoms with Gasteiger partial charge in [0.2, 0.25) is 0 Å². The number of pyridine rings is 1. The molecule has 1 aromatic heterocycles. The Morgan fingerprint density at radius 2 is 1.92 bits per heavy atom. The second kappa shape index (κ2) is 8.80. The molecule has 0 aliphatic heterocycles. The molecule has 0 aromatic carbocycles. The second-order valence-corrected chi connectivity index (χ2v) is 6.91. The van der Waals surface area contributed by atoms with Crippen LogP contribution >= 0.6 is 0 Å². The van der Waals surface area contributed by atoms with Crippen LogP contribution < -0.4 is 4.74 Å². The normalized spacial score (nSPS) is 13.8. The van der Waals surface area contributed by atoms with Crippen LogP contribution in [0.25, 0.3) is 0 Å². The van der Waals surface area contributed by atoms with Gasteiger partial charge in [-0.3, -0.25) is 9.59 Å². The van der Waals surface area contributed by atoms with E-state index >= 15 is 0 Å². The average Bonchev–Trinajstić information content (AvgIpc) is 2.52. The molecule has 0 amide bonds. The zero-order chi connectivity index (χ0) is 19.2. The molecule has 0 aliphatic carbocycles. The zero-order valence-electron chi connectivity index (χ0n) is 15.7. The number of ketones is 1. The lowest BCUT2D eigenvalue weighted by Crippen LogP contribution is -2.30. The molecule has 0 fully saturated rings. The third-order valence-electron chi connectivity index (χ3n) is 3.33. The Morgan fingerprint density at radius 1 is 1.28 bits per heavy atom. The number of aromatic nitrogens is 1. The number of rotatable bonds is 8. The summed E-state index contributed by atoms with van der Waals surface area (Å²) < 4.78 is 15.8. The lowest BCUT2D eigenvalue weighted by Gasteiger charge is -2.23. The number of hydrogen-bond acceptors (Lipinski definition) is 7. The molecule has 1 heterocycles. The maximum Gasteiger partial charge on any atom is 0.309 e. The predicted octanol–water partition coefficient (Wildman–Crippen LogP) is 2.75. The standard InChI is InChI=1S/C18H27NO6/c1-11(17(22)25-12(2)10-24-18(3,4)5)9-13(20)15-16(21)14(23-6)7-8-19-15/h7-8,11-12,21H,9-10H2,1-6H3/t11-,12+/m1/s1. The highest BCUT2D eigenvalue weighted by Crippen LogP contribution is 2.29. The highest BCUT2D eigenvalue weighted by Gasteiger charge is 2.25. The summed E-state index contributed by atoms with van der Waals surface area (Å²) in [5.41, 5.74) is -0.444. The van der Waals surface area contributed by atoms with E-state index < -0.39 is 23.8 Å². The van der Waals surface area contributed by atoms with Crippen molar-refractivity contribution in [1.29, 1.82) is 0 Å². The average molecular weight is 353 g/mol. The van der Waals surface area contributed by atoms with Gasteiger partial charge in [0.05, 0.1) is 25.2 Å². The number of carbonyl (C=O) groups is 2. The number of nitrogens with zero attached hydrogens (tertiary/aromatic N) is 1. The van der Waals surface area contributed by atoms with Gasteiger partial charge in [-0.15, -0.1) is 0 Å². The third kappa shape index (κ3) is 6.70. The van der Waals surface area contributed by atoms with E-state index in [9.17, 15) is 14.7 Å². The molecule has 0 unspecified atom stereocenters. The van der Waals surface area contributed by atoms with E-state index in [0.717, 1.165) is 0 Å². The van der Waals surface area contributed by atoms with Crippen molar-refractivity contribution in [2.24, 2.45) is 5.92 Å². The van der Waals surface area contributed by atoms with Gasteiger partial charge in [-0.2, -0.15) is 0 Å². The summed E-state index contributed by atoms with van der Waals surface area (Å²) in [6, 6.07) is 1.45. The highest BCUT2D eigenvalue weighted by molar-refractivity contribution is 5.99. The fourth-order valence-corrected chi connectivity index (χ4v) is 1.98. The van der Waals surface area contributed by atoms with Crippen molar-refractivity contribution in [1.82, 2.24) is 4.98 Å². The number of ether oxygens (including phenoxy) is 3. The van der Waals surface area contributed by atoms with Gasteiger partial charge in [-0.05, 0) is 27.7 Å². The van der Waals surface area contributed by atoms with E-state index in [0.29, 0.717) is 0 Å². The van der Waals surface area contributed by atoms with Crippen LogP contribution in [0.3, 0.4) is 0 Å². The Morgan fingerprint density at radius 3 is 2.48 bits per heavy atom. The Balaban J connectivity index is 2.61. The Labute approximate surface area is 148 Å². The molecule has 1 rings (SSSR count). The van der Waals surface area contributed by atoms with Gasteiger partial charge in [-0.1, -0.05) is 6.92 Å². The second-order valence-electron chi connectivity index (χ2n) is 6.91. The van der Waals surface area contributed by atoms with E-state index in [1.165, 1.54) is 19.4 Å². The first kappa shape index (κ1) is 20.9. The Kier molecular flexibility index (Phi) is 7.36. The van der Waals surface area contributed by atoms with Gasteiger partial charge in [0.1, 0.15) is 6.10 Å². The topological polar surface area (TPSA) is 95.0 Å². The number of esters is 1. The monoisotopic (exact) mass is 353 g/mol. The molecule has 0 radical (unpaired) electrons. The van der Waals surface area contributed by atoms with Gasteiger partial charge in [0.25, 0.3) is 0 Å². The van der Waals surface area contributed by atoms with Gasteiger partial charge >= 0.3 is 5.97 Å². The van der Waals surface area contributed by atoms with Crippen LogP contribution in [0, 0.1) is 5.92 Å². The van der Waals surface area contributed by atoms with Crippen LogP contribution in [-0.4, -0.2) is 47.3 Å². The minimum absolute atomic E-state index is 0.122. The van der Waals surface area contributed by atoms with Crippen molar-refractivity contribution >= 4 is 11.8 Å². The van der Waals surface area contributed by atoms with Crippen molar-refractivity contribution in [2.75, 3.05) is 13.7 Å². The maximum absolute atomic E-state index is 12.3. The zero-order valence-corrected chi connectivity index (χ0v) is 15.7. The van der Waals surface area contributed by atoms with E-state index in [-0.39, 0.29) is 35.8 Å². The number of methoxy groups -OCH3 is 1. The molecule has 2 atom stereocenters. The lowest BCUT2D eigenvalue weighted by atomic mass is 10.0. The fourth-order valence-electron chi connectivity index (χ4n) is 1.98. The largest absolute Gasteiger partial charge is 0.503 e. The van der Waals surface area contributed by atoms with Crippen molar-refractivity contribution in [3.8, 4) is 11.5 Å². The molecule has 7 nitrogen and oxygen atoms in total. The summed E-state index contributed by atoms with van der Waals surface area (Å²) in [7, 11) is 1.38. The Hall–Kier alpha value is -2.15. The van der Waals surface area contributed by atoms with Crippen LogP contribution in [0.5, 0.6) is 11.5 Å². The van der Waals surface area contributed by atoms with Crippen molar-refractivity contribution < 1.29 is 28.9 Å². The quantitative estimate of drug-likeness (QED) is 0.567. The molecule has 1 aromatic rings. The lowest BCUT2D eigenvalue weighted by molar-refractivity contribution is -0.158. The summed E-state index contributed by atoms with van der Waals surface area (Å²) in [6.07, 6.45) is 0.813. The molecular formula is C18H27NO6. The van der Waals surface area contributed by atoms with Crippen LogP contribution in [0.2, 0.25) is 0 Å². The summed E-state index contributed by atoms with van der Waals surface area (Å²) in [4.78, 5) is 28.3. The summed E-state index contributed by atoms with van der Waals surface area (Å²) in [6.45, 7) is 9.33. The number of carbonyl (C=O) groups excluding carboxylic acids is 2. The van der Waals surface area contributed by atoms with E-state index in [2.05, 4.69) is 4.98 Å². The number of hydrogen-bond donors (Lipinski definition) is 1. The number of Topliss-reactive ketones (excluding diaryl/α,β-unsaturated/α-hetero) is 1. The van der Waals surface area contributed by atoms with E-state index in [1.807, 2.05) is 20.8 Å². The van der Waals surface area contributed by atoms with Crippen molar-refractivity contribution in [2.45, 2.75) is 52.7 Å². The minimum Gasteiger partial charge on any atom is -0.503 e. The molecule has 1 N–H and O–H groups in total. The van der Waals surface area contributed by atoms with Gasteiger partial charge in [-0.25, -0.2) is 4.98 Å². The van der Waals surface area contributed by atoms with E-state index in [4.69, 9.17) is 14.2 Å². The fraction of sp³-hybridized carbons (Fsp3) is 0.611. The van der Waals surface area contributed by atoms with Crippen LogP contribution in [-0.2, 0) is 14.3 Å².